The van der Waals surface area contributed by atoms with Crippen molar-refractivity contribution in [3.05, 3.63) is 65.3 Å². The van der Waals surface area contributed by atoms with Gasteiger partial charge in [-0.15, -0.1) is 0 Å². The number of halogens is 1. The minimum atomic E-state index is -0.262. The second-order valence-corrected chi connectivity index (χ2v) is 5.11. The molecule has 0 aliphatic rings. The van der Waals surface area contributed by atoms with Gasteiger partial charge in [0.25, 0.3) is 0 Å². The van der Waals surface area contributed by atoms with Crippen LogP contribution in [0.5, 0.6) is 0 Å². The molecular formula is C16H14ClN3O. The summed E-state index contributed by atoms with van der Waals surface area (Å²) in [6.07, 6.45) is 1.91. The minimum Gasteiger partial charge on any atom is -0.361 e. The molecule has 0 bridgehead atoms. The normalized spacial score (nSPS) is 10.5. The first kappa shape index (κ1) is 13.5. The molecule has 0 saturated heterocycles. The van der Waals surface area contributed by atoms with Crippen molar-refractivity contribution in [1.29, 1.82) is 0 Å². The highest BCUT2D eigenvalue weighted by atomic mass is 35.5. The van der Waals surface area contributed by atoms with Crippen LogP contribution in [-0.4, -0.2) is 11.0 Å². The van der Waals surface area contributed by atoms with Crippen molar-refractivity contribution < 1.29 is 4.79 Å². The van der Waals surface area contributed by atoms with Gasteiger partial charge in [-0.25, -0.2) is 4.79 Å². The number of aromatic nitrogens is 1. The van der Waals surface area contributed by atoms with E-state index in [2.05, 4.69) is 15.6 Å². The second kappa shape index (κ2) is 5.89. The van der Waals surface area contributed by atoms with Gasteiger partial charge in [0.2, 0.25) is 0 Å². The van der Waals surface area contributed by atoms with Gasteiger partial charge in [0.1, 0.15) is 0 Å². The van der Waals surface area contributed by atoms with Crippen molar-refractivity contribution in [2.45, 2.75) is 6.54 Å². The highest BCUT2D eigenvalue weighted by molar-refractivity contribution is 6.30. The standard InChI is InChI=1S/C16H14ClN3O/c17-12-4-3-5-13(8-12)20-16(21)19-10-11-9-18-15-7-2-1-6-14(11)15/h1-9,18H,10H2,(H2,19,20,21). The number of nitrogens with one attached hydrogen (secondary N) is 3. The number of hydrogen-bond acceptors (Lipinski definition) is 1. The monoisotopic (exact) mass is 299 g/mol. The zero-order valence-corrected chi connectivity index (χ0v) is 11.9. The Hall–Kier alpha value is -2.46. The summed E-state index contributed by atoms with van der Waals surface area (Å²) in [5.41, 5.74) is 2.77. The van der Waals surface area contributed by atoms with Crippen LogP contribution in [-0.2, 0) is 6.54 Å². The van der Waals surface area contributed by atoms with Gasteiger partial charge in [-0.2, -0.15) is 0 Å². The molecule has 0 spiro atoms. The van der Waals surface area contributed by atoms with Crippen LogP contribution in [0.1, 0.15) is 5.56 Å². The third-order valence-electron chi connectivity index (χ3n) is 3.20. The van der Waals surface area contributed by atoms with Crippen LogP contribution in [0.3, 0.4) is 0 Å². The SMILES string of the molecule is O=C(NCc1c[nH]c2ccccc12)Nc1cccc(Cl)c1. The van der Waals surface area contributed by atoms with E-state index in [0.717, 1.165) is 16.5 Å². The second-order valence-electron chi connectivity index (χ2n) is 4.68. The Bertz CT molecular complexity index is 782. The first-order valence-electron chi connectivity index (χ1n) is 6.58. The molecule has 1 aromatic heterocycles. The summed E-state index contributed by atoms with van der Waals surface area (Å²) in [6.45, 7) is 0.455. The zero-order chi connectivity index (χ0) is 14.7. The number of urea groups is 1. The predicted octanol–water partition coefficient (Wildman–Crippen LogP) is 4.14. The quantitative estimate of drug-likeness (QED) is 0.669. The van der Waals surface area contributed by atoms with Gasteiger partial charge in [0.15, 0.2) is 0 Å². The fourth-order valence-electron chi connectivity index (χ4n) is 2.19. The lowest BCUT2D eigenvalue weighted by molar-refractivity contribution is 0.252. The molecule has 3 aromatic rings. The minimum absolute atomic E-state index is 0.262. The van der Waals surface area contributed by atoms with Gasteiger partial charge < -0.3 is 15.6 Å². The Morgan fingerprint density at radius 1 is 1.14 bits per heavy atom. The maximum atomic E-state index is 11.9. The number of H-pyrrole nitrogens is 1. The molecule has 0 unspecified atom stereocenters. The van der Waals surface area contributed by atoms with E-state index >= 15 is 0 Å². The Labute approximate surface area is 127 Å². The lowest BCUT2D eigenvalue weighted by Gasteiger charge is -2.07. The molecule has 0 aliphatic heterocycles. The topological polar surface area (TPSA) is 56.9 Å². The lowest BCUT2D eigenvalue weighted by Crippen LogP contribution is -2.28. The third kappa shape index (κ3) is 3.17. The van der Waals surface area contributed by atoms with E-state index in [1.54, 1.807) is 24.3 Å². The van der Waals surface area contributed by atoms with Crippen LogP contribution >= 0.6 is 11.6 Å². The van der Waals surface area contributed by atoms with Gasteiger partial charge in [-0.05, 0) is 29.8 Å². The predicted molar refractivity (Wildman–Crippen MR) is 85.6 cm³/mol. The first-order valence-corrected chi connectivity index (χ1v) is 6.95. The van der Waals surface area contributed by atoms with Crippen molar-refractivity contribution in [3.63, 3.8) is 0 Å². The van der Waals surface area contributed by atoms with Gasteiger partial charge in [0, 0.05) is 34.4 Å². The van der Waals surface area contributed by atoms with Crippen LogP contribution in [0.15, 0.2) is 54.7 Å². The molecule has 0 fully saturated rings. The van der Waals surface area contributed by atoms with Crippen LogP contribution in [0.2, 0.25) is 5.02 Å². The van der Waals surface area contributed by atoms with Gasteiger partial charge in [0.05, 0.1) is 0 Å². The summed E-state index contributed by atoms with van der Waals surface area (Å²) in [5, 5.41) is 7.28. The molecule has 0 saturated carbocycles. The highest BCUT2D eigenvalue weighted by Gasteiger charge is 2.05. The number of amides is 2. The number of rotatable bonds is 3. The Morgan fingerprint density at radius 3 is 2.86 bits per heavy atom. The number of hydrogen-bond donors (Lipinski definition) is 3. The lowest BCUT2D eigenvalue weighted by atomic mass is 10.2. The smallest absolute Gasteiger partial charge is 0.319 e. The Kier molecular flexibility index (Phi) is 3.79. The molecule has 2 amide bonds. The van der Waals surface area contributed by atoms with E-state index in [1.165, 1.54) is 0 Å². The maximum absolute atomic E-state index is 11.9. The third-order valence-corrected chi connectivity index (χ3v) is 3.43. The number of aromatic amines is 1. The molecule has 3 rings (SSSR count). The van der Waals surface area contributed by atoms with Crippen molar-refractivity contribution in [3.8, 4) is 0 Å². The fourth-order valence-corrected chi connectivity index (χ4v) is 2.39. The number of fused-ring (bicyclic) bond motifs is 1. The average Bonchev–Trinajstić information content (AvgIpc) is 2.88. The molecule has 1 heterocycles. The summed E-state index contributed by atoms with van der Waals surface area (Å²) in [5.74, 6) is 0. The molecule has 3 N–H and O–H groups in total. The molecule has 5 heteroatoms. The average molecular weight is 300 g/mol. The van der Waals surface area contributed by atoms with Crippen LogP contribution in [0, 0.1) is 0 Å². The van der Waals surface area contributed by atoms with Gasteiger partial charge in [-0.3, -0.25) is 0 Å². The first-order chi connectivity index (χ1) is 10.2. The van der Waals surface area contributed by atoms with E-state index in [4.69, 9.17) is 11.6 Å². The largest absolute Gasteiger partial charge is 0.361 e. The molecule has 0 radical (unpaired) electrons. The fraction of sp³-hybridized carbons (Fsp3) is 0.0625. The maximum Gasteiger partial charge on any atom is 0.319 e. The summed E-state index contributed by atoms with van der Waals surface area (Å²) >= 11 is 5.88. The molecule has 0 atom stereocenters. The van der Waals surface area contributed by atoms with Gasteiger partial charge in [-0.1, -0.05) is 35.9 Å². The highest BCUT2D eigenvalue weighted by Crippen LogP contribution is 2.17. The van der Waals surface area contributed by atoms with E-state index in [-0.39, 0.29) is 6.03 Å². The Morgan fingerprint density at radius 2 is 2.00 bits per heavy atom. The molecule has 4 nitrogen and oxygen atoms in total. The van der Waals surface area contributed by atoms with E-state index < -0.39 is 0 Å². The summed E-state index contributed by atoms with van der Waals surface area (Å²) in [7, 11) is 0. The number of carbonyl (C=O) groups excluding carboxylic acids is 1. The van der Waals surface area contributed by atoms with Crippen molar-refractivity contribution >= 4 is 34.2 Å². The molecule has 21 heavy (non-hydrogen) atoms. The Balaban J connectivity index is 1.63. The summed E-state index contributed by atoms with van der Waals surface area (Å²) in [4.78, 5) is 15.1. The number of carbonyl (C=O) groups is 1. The summed E-state index contributed by atoms with van der Waals surface area (Å²) in [6, 6.07) is 14.8. The van der Waals surface area contributed by atoms with Crippen LogP contribution < -0.4 is 10.6 Å². The summed E-state index contributed by atoms with van der Waals surface area (Å²) < 4.78 is 0. The van der Waals surface area contributed by atoms with Crippen molar-refractivity contribution in [1.82, 2.24) is 10.3 Å². The van der Waals surface area contributed by atoms with Gasteiger partial charge >= 0.3 is 6.03 Å². The van der Waals surface area contributed by atoms with E-state index in [9.17, 15) is 4.79 Å². The molecule has 0 aliphatic carbocycles. The molecule has 106 valence electrons. The number of benzene rings is 2. The number of anilines is 1. The molecule has 2 aromatic carbocycles. The van der Waals surface area contributed by atoms with Crippen molar-refractivity contribution in [2.75, 3.05) is 5.32 Å². The van der Waals surface area contributed by atoms with Crippen molar-refractivity contribution in [2.24, 2.45) is 0 Å². The molecular weight excluding hydrogens is 286 g/mol. The van der Waals surface area contributed by atoms with Crippen LogP contribution in [0.4, 0.5) is 10.5 Å². The zero-order valence-electron chi connectivity index (χ0n) is 11.2. The van der Waals surface area contributed by atoms with E-state index in [0.29, 0.717) is 17.3 Å². The number of para-hydroxylation sites is 1. The van der Waals surface area contributed by atoms with Crippen LogP contribution in [0.25, 0.3) is 10.9 Å². The van der Waals surface area contributed by atoms with E-state index in [1.807, 2.05) is 30.5 Å².